The molecule has 3 aromatic carbocycles. The highest BCUT2D eigenvalue weighted by Gasteiger charge is 2.35. The summed E-state index contributed by atoms with van der Waals surface area (Å²) in [4.78, 5) is 35.1. The molecule has 272 valence electrons. The SMILES string of the molecule is COc1nc(N2CCN(C(=O)/C(F)=C/c3ncccn3)C(CC#N)C2)c2ccc(-c3cc(O)cc4ccccc34)c(F)c2n1.FC1CC2CCCN2C1. The van der Waals surface area contributed by atoms with Gasteiger partial charge in [0.25, 0.3) is 5.91 Å². The van der Waals surface area contributed by atoms with Gasteiger partial charge in [0.2, 0.25) is 0 Å². The van der Waals surface area contributed by atoms with Gasteiger partial charge in [-0.1, -0.05) is 30.3 Å². The molecule has 1 amide bonds. The second kappa shape index (κ2) is 15.4. The normalized spacial score (nSPS) is 20.2. The third-order valence-electron chi connectivity index (χ3n) is 9.96. The second-order valence-electron chi connectivity index (χ2n) is 13.3. The Hall–Kier alpha value is -5.81. The number of carbonyl (C=O) groups excluding carboxylic acids is 1. The number of nitrogens with zero attached hydrogens (tertiary/aromatic N) is 8. The summed E-state index contributed by atoms with van der Waals surface area (Å²) in [6.07, 6.45) is 6.57. The number of amides is 1. The minimum atomic E-state index is -1.05. The first kappa shape index (κ1) is 35.6. The molecule has 2 aromatic heterocycles. The van der Waals surface area contributed by atoms with Crippen LogP contribution in [0.25, 0.3) is 38.9 Å². The number of nitriles is 1. The molecule has 3 saturated heterocycles. The number of hydrogen-bond donors (Lipinski definition) is 1. The fourth-order valence-electron chi connectivity index (χ4n) is 7.50. The van der Waals surface area contributed by atoms with Crippen molar-refractivity contribution in [2.45, 2.75) is 43.9 Å². The summed E-state index contributed by atoms with van der Waals surface area (Å²) in [5.74, 6) is -2.15. The smallest absolute Gasteiger partial charge is 0.318 e. The summed E-state index contributed by atoms with van der Waals surface area (Å²) in [7, 11) is 1.37. The number of phenolic OH excluding ortho intramolecular Hbond substituents is 1. The molecule has 3 unspecified atom stereocenters. The van der Waals surface area contributed by atoms with Gasteiger partial charge in [0.1, 0.15) is 23.3 Å². The van der Waals surface area contributed by atoms with Crippen LogP contribution in [-0.4, -0.2) is 98.8 Å². The number of benzene rings is 3. The van der Waals surface area contributed by atoms with Crippen LogP contribution >= 0.6 is 0 Å². The number of rotatable bonds is 6. The summed E-state index contributed by atoms with van der Waals surface area (Å²) in [6, 6.07) is 17.3. The Balaban J connectivity index is 0.000000418. The molecule has 0 radical (unpaired) electrons. The molecule has 0 saturated carbocycles. The van der Waals surface area contributed by atoms with Crippen molar-refractivity contribution in [2.24, 2.45) is 0 Å². The van der Waals surface area contributed by atoms with Gasteiger partial charge in [-0.05, 0) is 66.4 Å². The second-order valence-corrected chi connectivity index (χ2v) is 13.3. The highest BCUT2D eigenvalue weighted by atomic mass is 19.1. The van der Waals surface area contributed by atoms with Gasteiger partial charge in [-0.25, -0.2) is 23.1 Å². The molecule has 3 fully saturated rings. The number of anilines is 1. The maximum Gasteiger partial charge on any atom is 0.318 e. The molecule has 1 N–H and O–H groups in total. The molecule has 5 heterocycles. The molecule has 8 rings (SSSR count). The van der Waals surface area contributed by atoms with Gasteiger partial charge >= 0.3 is 6.01 Å². The fourth-order valence-corrected chi connectivity index (χ4v) is 7.50. The molecule has 3 aliphatic rings. The maximum atomic E-state index is 16.3. The first-order chi connectivity index (χ1) is 25.7. The number of alkyl halides is 1. The zero-order valence-corrected chi connectivity index (χ0v) is 29.0. The summed E-state index contributed by atoms with van der Waals surface area (Å²) in [5, 5.41) is 21.8. The zero-order chi connectivity index (χ0) is 37.1. The summed E-state index contributed by atoms with van der Waals surface area (Å²) >= 11 is 0. The van der Waals surface area contributed by atoms with E-state index >= 15 is 4.39 Å². The van der Waals surface area contributed by atoms with E-state index in [0.29, 0.717) is 29.4 Å². The highest BCUT2D eigenvalue weighted by Crippen LogP contribution is 2.38. The molecule has 0 aliphatic carbocycles. The molecule has 14 heteroatoms. The molecule has 53 heavy (non-hydrogen) atoms. The van der Waals surface area contributed by atoms with Gasteiger partial charge < -0.3 is 19.6 Å². The van der Waals surface area contributed by atoms with Crippen LogP contribution in [0.15, 0.2) is 72.8 Å². The third-order valence-corrected chi connectivity index (χ3v) is 9.96. The van der Waals surface area contributed by atoms with Gasteiger partial charge in [0, 0.05) is 61.6 Å². The van der Waals surface area contributed by atoms with E-state index in [2.05, 4.69) is 30.9 Å². The monoisotopic (exact) mass is 722 g/mol. The summed E-state index contributed by atoms with van der Waals surface area (Å²) in [6.45, 7) is 2.28. The van der Waals surface area contributed by atoms with Crippen molar-refractivity contribution < 1.29 is 27.8 Å². The number of hydrogen-bond acceptors (Lipinski definition) is 10. The number of phenols is 1. The molecule has 5 aromatic rings. The Morgan fingerprint density at radius 1 is 1.04 bits per heavy atom. The van der Waals surface area contributed by atoms with E-state index in [1.54, 1.807) is 24.3 Å². The van der Waals surface area contributed by atoms with Crippen molar-refractivity contribution in [1.82, 2.24) is 29.7 Å². The number of ether oxygens (including phenoxy) is 1. The van der Waals surface area contributed by atoms with E-state index in [1.807, 2.05) is 29.2 Å². The van der Waals surface area contributed by atoms with Gasteiger partial charge in [0.05, 0.1) is 25.6 Å². The van der Waals surface area contributed by atoms with E-state index in [9.17, 15) is 23.9 Å². The lowest BCUT2D eigenvalue weighted by molar-refractivity contribution is -0.131. The zero-order valence-electron chi connectivity index (χ0n) is 29.0. The number of halogens is 3. The van der Waals surface area contributed by atoms with Gasteiger partial charge in [-0.3, -0.25) is 9.69 Å². The van der Waals surface area contributed by atoms with Crippen molar-refractivity contribution in [3.8, 4) is 29.0 Å². The number of methoxy groups -OCH3 is 1. The number of fused-ring (bicyclic) bond motifs is 3. The van der Waals surface area contributed by atoms with Gasteiger partial charge in [0.15, 0.2) is 17.5 Å². The van der Waals surface area contributed by atoms with Gasteiger partial charge in [-0.15, -0.1) is 0 Å². The number of carbonyl (C=O) groups is 1. The predicted octanol–water partition coefficient (Wildman–Crippen LogP) is 6.23. The van der Waals surface area contributed by atoms with Crippen LogP contribution < -0.4 is 9.64 Å². The van der Waals surface area contributed by atoms with Gasteiger partial charge in [-0.2, -0.15) is 15.2 Å². The van der Waals surface area contributed by atoms with Crippen molar-refractivity contribution >= 4 is 39.5 Å². The van der Waals surface area contributed by atoms with Crippen LogP contribution in [0.2, 0.25) is 0 Å². The Kier molecular flexibility index (Phi) is 10.4. The Morgan fingerprint density at radius 3 is 2.62 bits per heavy atom. The minimum Gasteiger partial charge on any atom is -0.508 e. The summed E-state index contributed by atoms with van der Waals surface area (Å²) in [5.41, 5.74) is 0.735. The van der Waals surface area contributed by atoms with Crippen LogP contribution in [0, 0.1) is 17.1 Å². The van der Waals surface area contributed by atoms with Crippen molar-refractivity contribution in [1.29, 1.82) is 5.26 Å². The van der Waals surface area contributed by atoms with E-state index in [-0.39, 0.29) is 54.7 Å². The van der Waals surface area contributed by atoms with Crippen LogP contribution in [0.5, 0.6) is 11.8 Å². The molecule has 11 nitrogen and oxygen atoms in total. The topological polar surface area (TPSA) is 132 Å². The highest BCUT2D eigenvalue weighted by molar-refractivity contribution is 6.01. The molecule has 3 atom stereocenters. The molecule has 3 aliphatic heterocycles. The quantitative estimate of drug-likeness (QED) is 0.201. The van der Waals surface area contributed by atoms with E-state index < -0.39 is 29.8 Å². The van der Waals surface area contributed by atoms with Crippen LogP contribution in [0.3, 0.4) is 0 Å². The Bertz CT molecular complexity index is 2200. The largest absolute Gasteiger partial charge is 0.508 e. The van der Waals surface area contributed by atoms with Crippen LogP contribution in [0.4, 0.5) is 19.0 Å². The lowest BCUT2D eigenvalue weighted by atomic mass is 9.96. The predicted molar refractivity (Wildman–Crippen MR) is 194 cm³/mol. The first-order valence-corrected chi connectivity index (χ1v) is 17.5. The first-order valence-electron chi connectivity index (χ1n) is 17.5. The summed E-state index contributed by atoms with van der Waals surface area (Å²) < 4.78 is 49.2. The maximum absolute atomic E-state index is 16.3. The average Bonchev–Trinajstić information content (AvgIpc) is 3.76. The van der Waals surface area contributed by atoms with Crippen molar-refractivity contribution in [3.05, 3.63) is 84.5 Å². The third kappa shape index (κ3) is 7.43. The van der Waals surface area contributed by atoms with Crippen LogP contribution in [0.1, 0.15) is 31.5 Å². The van der Waals surface area contributed by atoms with Crippen molar-refractivity contribution in [3.63, 3.8) is 0 Å². The molecule has 0 bridgehead atoms. The Labute approximate surface area is 304 Å². The van der Waals surface area contributed by atoms with Crippen LogP contribution in [-0.2, 0) is 4.79 Å². The average molecular weight is 723 g/mol. The molecule has 0 spiro atoms. The molecular formula is C39H37F3N8O3. The number of aromatic nitrogens is 4. The lowest BCUT2D eigenvalue weighted by Crippen LogP contribution is -2.55. The lowest BCUT2D eigenvalue weighted by Gasteiger charge is -2.41. The standard InChI is InChI=1S/C32H25F2N7O3.C7H12FN/c1-44-32-38-29-24(8-7-23(28(29)34)25-16-21(42)15-19-5-2-3-6-22(19)25)30(39-32)40-13-14-41(20(18-40)9-10-35)31(43)26(33)17-27-36-11-4-12-37-27;8-6-4-7-2-1-3-9(7)5-6/h2-8,11-12,15-17,20,42H,9,13-14,18H2,1H3;6-7H,1-5H2/b26-17-;. The fraction of sp³-hybridized carbons (Fsp3) is 0.333. The number of aromatic hydroxyl groups is 1. The number of piperazine rings is 1. The van der Waals surface area contributed by atoms with E-state index in [1.165, 1.54) is 43.3 Å². The molecular weight excluding hydrogens is 685 g/mol. The van der Waals surface area contributed by atoms with E-state index in [4.69, 9.17) is 4.74 Å². The Morgan fingerprint density at radius 2 is 1.85 bits per heavy atom. The van der Waals surface area contributed by atoms with E-state index in [0.717, 1.165) is 29.8 Å². The minimum absolute atomic E-state index is 0.00215. The van der Waals surface area contributed by atoms with Crippen molar-refractivity contribution in [2.75, 3.05) is 44.7 Å².